The summed E-state index contributed by atoms with van der Waals surface area (Å²) in [6.07, 6.45) is 4.29. The van der Waals surface area contributed by atoms with E-state index in [0.717, 1.165) is 63.1 Å². The first-order valence-corrected chi connectivity index (χ1v) is 10.3. The summed E-state index contributed by atoms with van der Waals surface area (Å²) < 4.78 is 46.6. The van der Waals surface area contributed by atoms with Gasteiger partial charge in [0.05, 0.1) is 0 Å². The second kappa shape index (κ2) is 9.46. The number of alkyl halides is 3. The Bertz CT molecular complexity index is 804. The summed E-state index contributed by atoms with van der Waals surface area (Å²) in [6, 6.07) is 7.58. The van der Waals surface area contributed by atoms with Crippen LogP contribution in [0.15, 0.2) is 30.5 Å². The van der Waals surface area contributed by atoms with E-state index in [1.54, 1.807) is 13.1 Å². The molecule has 1 fully saturated rings. The third kappa shape index (κ3) is 5.61. The van der Waals surface area contributed by atoms with Crippen LogP contribution in [-0.2, 0) is 12.6 Å². The van der Waals surface area contributed by atoms with Crippen LogP contribution in [0.4, 0.5) is 24.7 Å². The number of hydrogen-bond donors (Lipinski definition) is 0. The molecular weight excluding hydrogens is 379 g/mol. The normalized spacial score (nSPS) is 15.3. The van der Waals surface area contributed by atoms with Gasteiger partial charge in [0.1, 0.15) is 11.7 Å². The number of unbranched alkanes of at least 4 members (excludes halogenated alkanes) is 1. The average molecular weight is 407 g/mol. The highest BCUT2D eigenvalue weighted by Crippen LogP contribution is 2.38. The minimum atomic E-state index is -4.55. The largest absolute Gasteiger partial charge is 0.460 e. The monoisotopic (exact) mass is 407 g/mol. The topological polar surface area (TPSA) is 38.2 Å². The Kier molecular flexibility index (Phi) is 6.98. The average Bonchev–Trinajstić information content (AvgIpc) is 2.72. The molecule has 7 heteroatoms. The molecule has 0 aliphatic heterocycles. The van der Waals surface area contributed by atoms with Crippen LogP contribution >= 0.6 is 0 Å². The van der Waals surface area contributed by atoms with E-state index in [0.29, 0.717) is 5.69 Å². The van der Waals surface area contributed by atoms with E-state index in [4.69, 9.17) is 4.74 Å². The van der Waals surface area contributed by atoms with Gasteiger partial charge >= 0.3 is 12.2 Å². The van der Waals surface area contributed by atoms with Gasteiger partial charge in [-0.05, 0) is 56.2 Å². The van der Waals surface area contributed by atoms with Gasteiger partial charge in [0, 0.05) is 18.9 Å². The number of aromatic nitrogens is 2. The van der Waals surface area contributed by atoms with Crippen molar-refractivity contribution in [1.82, 2.24) is 9.97 Å². The fraction of sp³-hybridized carbons (Fsp3) is 0.545. The van der Waals surface area contributed by atoms with E-state index in [-0.39, 0.29) is 17.9 Å². The van der Waals surface area contributed by atoms with Gasteiger partial charge in [-0.25, -0.2) is 4.98 Å². The van der Waals surface area contributed by atoms with Crippen molar-refractivity contribution in [2.75, 3.05) is 11.9 Å². The Morgan fingerprint density at radius 1 is 1.17 bits per heavy atom. The molecular formula is C22H28F3N3O. The second-order valence-electron chi connectivity index (χ2n) is 7.60. The quantitative estimate of drug-likeness (QED) is 0.538. The molecule has 0 spiro atoms. The van der Waals surface area contributed by atoms with Crippen LogP contribution in [-0.4, -0.2) is 23.1 Å². The summed E-state index contributed by atoms with van der Waals surface area (Å²) in [5, 5.41) is 0. The molecule has 0 unspecified atom stereocenters. The minimum absolute atomic E-state index is 0.00823. The highest BCUT2D eigenvalue weighted by Gasteiger charge is 2.37. The molecule has 1 aliphatic rings. The van der Waals surface area contributed by atoms with E-state index >= 15 is 0 Å². The van der Waals surface area contributed by atoms with E-state index in [2.05, 4.69) is 16.9 Å². The number of hydrogen-bond acceptors (Lipinski definition) is 4. The predicted octanol–water partition coefficient (Wildman–Crippen LogP) is 6.32. The lowest BCUT2D eigenvalue weighted by molar-refractivity contribution is -0.137. The van der Waals surface area contributed by atoms with Crippen molar-refractivity contribution in [3.63, 3.8) is 0 Å². The fourth-order valence-corrected chi connectivity index (χ4v) is 3.63. The Morgan fingerprint density at radius 2 is 1.93 bits per heavy atom. The van der Waals surface area contributed by atoms with Crippen LogP contribution in [0.2, 0.25) is 0 Å². The molecule has 4 nitrogen and oxygen atoms in total. The number of aryl methyl sites for hydroxylation is 1. The maximum absolute atomic E-state index is 13.6. The van der Waals surface area contributed by atoms with Crippen LogP contribution in [0.25, 0.3) is 0 Å². The maximum atomic E-state index is 13.6. The molecule has 1 saturated carbocycles. The van der Waals surface area contributed by atoms with Crippen molar-refractivity contribution in [3.05, 3.63) is 41.6 Å². The van der Waals surface area contributed by atoms with Crippen molar-refractivity contribution in [3.8, 4) is 6.01 Å². The Hall–Kier alpha value is -2.31. The van der Waals surface area contributed by atoms with Crippen molar-refractivity contribution in [2.45, 2.75) is 70.6 Å². The third-order valence-electron chi connectivity index (χ3n) is 5.31. The highest BCUT2D eigenvalue weighted by molar-refractivity contribution is 5.63. The lowest BCUT2D eigenvalue weighted by atomic mass is 9.98. The summed E-state index contributed by atoms with van der Waals surface area (Å²) in [4.78, 5) is 9.49. The SMILES string of the molecule is CCCCc1cccc(N(C)c2nc(OC3CCCCC3)ncc2C(F)(F)F)c1. The fourth-order valence-electron chi connectivity index (χ4n) is 3.63. The molecule has 0 atom stereocenters. The molecule has 3 rings (SSSR count). The zero-order chi connectivity index (χ0) is 20.9. The van der Waals surface area contributed by atoms with Crippen molar-refractivity contribution in [2.24, 2.45) is 0 Å². The van der Waals surface area contributed by atoms with E-state index in [1.807, 2.05) is 18.2 Å². The van der Waals surface area contributed by atoms with E-state index < -0.39 is 11.7 Å². The molecule has 158 valence electrons. The first-order chi connectivity index (χ1) is 13.9. The van der Waals surface area contributed by atoms with Gasteiger partial charge in [-0.15, -0.1) is 0 Å². The minimum Gasteiger partial charge on any atom is -0.460 e. The second-order valence-corrected chi connectivity index (χ2v) is 7.60. The Balaban J connectivity index is 1.91. The van der Waals surface area contributed by atoms with Crippen molar-refractivity contribution < 1.29 is 17.9 Å². The summed E-state index contributed by atoms with van der Waals surface area (Å²) in [5.74, 6) is -0.189. The van der Waals surface area contributed by atoms with Crippen molar-refractivity contribution >= 4 is 11.5 Å². The van der Waals surface area contributed by atoms with Gasteiger partial charge in [0.15, 0.2) is 5.82 Å². The Labute approximate surface area is 170 Å². The molecule has 0 saturated heterocycles. The van der Waals surface area contributed by atoms with Crippen LogP contribution in [0.1, 0.15) is 63.0 Å². The molecule has 1 aromatic carbocycles. The van der Waals surface area contributed by atoms with Gasteiger partial charge in [0.25, 0.3) is 0 Å². The van der Waals surface area contributed by atoms with Gasteiger partial charge in [-0.1, -0.05) is 31.9 Å². The number of halogens is 3. The highest BCUT2D eigenvalue weighted by atomic mass is 19.4. The number of anilines is 2. The molecule has 0 radical (unpaired) electrons. The molecule has 0 N–H and O–H groups in total. The van der Waals surface area contributed by atoms with Crippen LogP contribution in [0, 0.1) is 0 Å². The summed E-state index contributed by atoms with van der Waals surface area (Å²) in [6.45, 7) is 2.11. The molecule has 1 heterocycles. The number of rotatable bonds is 7. The zero-order valence-corrected chi connectivity index (χ0v) is 17.0. The van der Waals surface area contributed by atoms with Gasteiger partial charge in [-0.3, -0.25) is 0 Å². The van der Waals surface area contributed by atoms with Crippen LogP contribution < -0.4 is 9.64 Å². The smallest absolute Gasteiger partial charge is 0.421 e. The van der Waals surface area contributed by atoms with Gasteiger partial charge in [0.2, 0.25) is 0 Å². The van der Waals surface area contributed by atoms with Crippen LogP contribution in [0.5, 0.6) is 6.01 Å². The van der Waals surface area contributed by atoms with Gasteiger partial charge < -0.3 is 9.64 Å². The third-order valence-corrected chi connectivity index (χ3v) is 5.31. The number of nitrogens with zero attached hydrogens (tertiary/aromatic N) is 3. The Morgan fingerprint density at radius 3 is 2.62 bits per heavy atom. The standard InChI is InChI=1S/C22H28F3N3O/c1-3-4-9-16-10-8-11-17(14-16)28(2)20-19(22(23,24)25)15-26-21(27-20)29-18-12-6-5-7-13-18/h8,10-11,14-15,18H,3-7,9,12-13H2,1-2H3. The molecule has 0 bridgehead atoms. The van der Waals surface area contributed by atoms with Gasteiger partial charge in [-0.2, -0.15) is 18.2 Å². The first kappa shape index (κ1) is 21.4. The zero-order valence-electron chi connectivity index (χ0n) is 17.0. The lowest BCUT2D eigenvalue weighted by Crippen LogP contribution is -2.23. The number of benzene rings is 1. The van der Waals surface area contributed by atoms with E-state index in [9.17, 15) is 13.2 Å². The lowest BCUT2D eigenvalue weighted by Gasteiger charge is -2.25. The first-order valence-electron chi connectivity index (χ1n) is 10.3. The predicted molar refractivity (Wildman–Crippen MR) is 108 cm³/mol. The molecule has 29 heavy (non-hydrogen) atoms. The van der Waals surface area contributed by atoms with Crippen LogP contribution in [0.3, 0.4) is 0 Å². The molecule has 1 aromatic heterocycles. The molecule has 1 aliphatic carbocycles. The van der Waals surface area contributed by atoms with E-state index in [1.165, 1.54) is 4.90 Å². The summed E-state index contributed by atoms with van der Waals surface area (Å²) in [5.41, 5.74) is 0.888. The maximum Gasteiger partial charge on any atom is 0.421 e. The molecule has 2 aromatic rings. The summed E-state index contributed by atoms with van der Waals surface area (Å²) >= 11 is 0. The number of ether oxygens (including phenoxy) is 1. The van der Waals surface area contributed by atoms with Crippen molar-refractivity contribution in [1.29, 1.82) is 0 Å². The summed E-state index contributed by atoms with van der Waals surface area (Å²) in [7, 11) is 1.60. The molecule has 0 amide bonds.